The van der Waals surface area contributed by atoms with Crippen LogP contribution in [-0.2, 0) is 11.3 Å². The van der Waals surface area contributed by atoms with Gasteiger partial charge in [0, 0.05) is 23.7 Å². The largest absolute Gasteiger partial charge is 0.472 e. The van der Waals surface area contributed by atoms with Gasteiger partial charge in [-0.3, -0.25) is 9.69 Å². The highest BCUT2D eigenvalue weighted by Gasteiger charge is 2.25. The Hall–Kier alpha value is -3.12. The lowest BCUT2D eigenvalue weighted by molar-refractivity contribution is -0.121. The van der Waals surface area contributed by atoms with Crippen molar-refractivity contribution in [1.82, 2.24) is 4.90 Å². The van der Waals surface area contributed by atoms with Crippen LogP contribution in [0.25, 0.3) is 0 Å². The number of likely N-dealkylation sites (tertiary alicyclic amines) is 1. The predicted molar refractivity (Wildman–Crippen MR) is 108 cm³/mol. The predicted octanol–water partition coefficient (Wildman–Crippen LogP) is 5.06. The fourth-order valence-corrected chi connectivity index (χ4v) is 3.50. The minimum Gasteiger partial charge on any atom is -0.472 e. The van der Waals surface area contributed by atoms with Crippen LogP contribution >= 0.6 is 0 Å². The number of piperidine rings is 1. The normalized spacial score (nSPS) is 15.2. The van der Waals surface area contributed by atoms with E-state index in [1.807, 2.05) is 6.07 Å². The van der Waals surface area contributed by atoms with E-state index in [1.54, 1.807) is 55.0 Å². The van der Waals surface area contributed by atoms with Crippen molar-refractivity contribution in [2.45, 2.75) is 19.4 Å². The second kappa shape index (κ2) is 8.92. The van der Waals surface area contributed by atoms with Gasteiger partial charge in [-0.15, -0.1) is 0 Å². The number of hydrogen-bond donors (Lipinski definition) is 1. The van der Waals surface area contributed by atoms with Gasteiger partial charge >= 0.3 is 0 Å². The molecule has 0 bridgehead atoms. The van der Waals surface area contributed by atoms with E-state index < -0.39 is 5.82 Å². The highest BCUT2D eigenvalue weighted by molar-refractivity contribution is 5.92. The molecular weight excluding hydrogens is 371 g/mol. The number of hydrogen-bond acceptors (Lipinski definition) is 4. The lowest BCUT2D eigenvalue weighted by Crippen LogP contribution is -2.37. The third-order valence-corrected chi connectivity index (χ3v) is 5.13. The van der Waals surface area contributed by atoms with Gasteiger partial charge < -0.3 is 14.5 Å². The monoisotopic (exact) mass is 394 g/mol. The number of halogens is 1. The van der Waals surface area contributed by atoms with Crippen LogP contribution in [0.4, 0.5) is 10.1 Å². The lowest BCUT2D eigenvalue weighted by Gasteiger charge is -2.30. The third-order valence-electron chi connectivity index (χ3n) is 5.13. The zero-order valence-electron chi connectivity index (χ0n) is 16.0. The van der Waals surface area contributed by atoms with E-state index in [1.165, 1.54) is 6.07 Å². The van der Waals surface area contributed by atoms with E-state index in [-0.39, 0.29) is 17.6 Å². The molecule has 6 heteroatoms. The van der Waals surface area contributed by atoms with Crippen LogP contribution < -0.4 is 10.1 Å². The zero-order valence-corrected chi connectivity index (χ0v) is 16.0. The van der Waals surface area contributed by atoms with Gasteiger partial charge in [0.1, 0.15) is 5.75 Å². The maximum atomic E-state index is 13.7. The number of amides is 1. The molecule has 4 rings (SSSR count). The lowest BCUT2D eigenvalue weighted by atomic mass is 9.95. The smallest absolute Gasteiger partial charge is 0.227 e. The molecule has 5 nitrogen and oxygen atoms in total. The number of nitrogens with one attached hydrogen (secondary N) is 1. The van der Waals surface area contributed by atoms with Crippen molar-refractivity contribution in [3.63, 3.8) is 0 Å². The molecule has 1 N–H and O–H groups in total. The average molecular weight is 394 g/mol. The maximum absolute atomic E-state index is 13.7. The zero-order chi connectivity index (χ0) is 20.1. The number of carbonyl (C=O) groups is 1. The van der Waals surface area contributed by atoms with Crippen LogP contribution in [0, 0.1) is 11.7 Å². The first-order valence-corrected chi connectivity index (χ1v) is 9.74. The summed E-state index contributed by atoms with van der Waals surface area (Å²) in [6, 6.07) is 15.2. The van der Waals surface area contributed by atoms with Gasteiger partial charge in [-0.1, -0.05) is 12.1 Å². The van der Waals surface area contributed by atoms with E-state index in [0.717, 1.165) is 38.0 Å². The van der Waals surface area contributed by atoms with Crippen molar-refractivity contribution in [1.29, 1.82) is 0 Å². The Morgan fingerprint density at radius 3 is 2.55 bits per heavy atom. The number of carbonyl (C=O) groups excluding carboxylic acids is 1. The quantitative estimate of drug-likeness (QED) is 0.635. The Kier molecular flexibility index (Phi) is 5.91. The van der Waals surface area contributed by atoms with E-state index in [0.29, 0.717) is 11.4 Å². The van der Waals surface area contributed by atoms with Crippen molar-refractivity contribution < 1.29 is 18.3 Å². The minimum atomic E-state index is -0.413. The van der Waals surface area contributed by atoms with Gasteiger partial charge in [0.2, 0.25) is 5.91 Å². The molecule has 0 unspecified atom stereocenters. The van der Waals surface area contributed by atoms with Crippen LogP contribution in [0.3, 0.4) is 0 Å². The number of nitrogens with zero attached hydrogens (tertiary/aromatic N) is 1. The molecule has 0 saturated carbocycles. The van der Waals surface area contributed by atoms with E-state index in [9.17, 15) is 9.18 Å². The van der Waals surface area contributed by atoms with Crippen molar-refractivity contribution in [2.24, 2.45) is 5.92 Å². The topological polar surface area (TPSA) is 54.7 Å². The first kappa shape index (κ1) is 19.2. The molecule has 0 atom stereocenters. The molecule has 0 aliphatic carbocycles. The molecule has 2 heterocycles. The Balaban J connectivity index is 1.27. The molecule has 1 aliphatic heterocycles. The van der Waals surface area contributed by atoms with Crippen LogP contribution in [0.15, 0.2) is 71.5 Å². The van der Waals surface area contributed by atoms with Crippen LogP contribution in [0.5, 0.6) is 11.5 Å². The van der Waals surface area contributed by atoms with Gasteiger partial charge in [-0.25, -0.2) is 4.39 Å². The number of rotatable bonds is 6. The summed E-state index contributed by atoms with van der Waals surface area (Å²) in [5.74, 6) is 0.316. The number of para-hydroxylation sites is 1. The molecular formula is C23H23FN2O3. The van der Waals surface area contributed by atoms with Crippen LogP contribution in [0.1, 0.15) is 18.4 Å². The summed E-state index contributed by atoms with van der Waals surface area (Å²) in [5, 5.41) is 2.97. The highest BCUT2D eigenvalue weighted by atomic mass is 19.1. The highest BCUT2D eigenvalue weighted by Crippen LogP contribution is 2.26. The standard InChI is InChI=1S/C23H23FN2O3/c24-21-3-1-2-4-22(21)29-20-7-5-19(6-8-20)25-23(27)18-9-12-26(13-10-18)15-17-11-14-28-16-17/h1-8,11,14,16,18H,9-10,12-13,15H2,(H,25,27). The number of benzene rings is 2. The van der Waals surface area contributed by atoms with E-state index in [4.69, 9.17) is 9.15 Å². The van der Waals surface area contributed by atoms with Gasteiger partial charge in [0.15, 0.2) is 11.6 Å². The fraction of sp³-hybridized carbons (Fsp3) is 0.261. The molecule has 1 aromatic heterocycles. The maximum Gasteiger partial charge on any atom is 0.227 e. The molecule has 29 heavy (non-hydrogen) atoms. The Morgan fingerprint density at radius 2 is 1.86 bits per heavy atom. The van der Waals surface area contributed by atoms with Gasteiger partial charge in [-0.05, 0) is 68.4 Å². The van der Waals surface area contributed by atoms with Crippen molar-refractivity contribution in [2.75, 3.05) is 18.4 Å². The SMILES string of the molecule is O=C(Nc1ccc(Oc2ccccc2F)cc1)C1CCN(Cc2ccoc2)CC1. The van der Waals surface area contributed by atoms with Crippen LogP contribution in [-0.4, -0.2) is 23.9 Å². The summed E-state index contributed by atoms with van der Waals surface area (Å²) in [4.78, 5) is 14.9. The van der Waals surface area contributed by atoms with Gasteiger partial charge in [0.05, 0.1) is 12.5 Å². The molecule has 0 spiro atoms. The molecule has 1 fully saturated rings. The minimum absolute atomic E-state index is 0.00457. The van der Waals surface area contributed by atoms with Crippen molar-refractivity contribution >= 4 is 11.6 Å². The molecule has 1 saturated heterocycles. The molecule has 150 valence electrons. The summed E-state index contributed by atoms with van der Waals surface area (Å²) >= 11 is 0. The Morgan fingerprint density at radius 1 is 1.10 bits per heavy atom. The summed E-state index contributed by atoms with van der Waals surface area (Å²) < 4.78 is 24.3. The molecule has 1 amide bonds. The van der Waals surface area contributed by atoms with Crippen LogP contribution in [0.2, 0.25) is 0 Å². The Bertz CT molecular complexity index is 933. The van der Waals surface area contributed by atoms with Crippen molar-refractivity contribution in [3.8, 4) is 11.5 Å². The summed E-state index contributed by atoms with van der Waals surface area (Å²) in [6.07, 6.45) is 5.11. The third kappa shape index (κ3) is 5.03. The molecule has 3 aromatic rings. The average Bonchev–Trinajstić information content (AvgIpc) is 3.25. The van der Waals surface area contributed by atoms with Gasteiger partial charge in [0.25, 0.3) is 0 Å². The second-order valence-corrected chi connectivity index (χ2v) is 7.23. The van der Waals surface area contributed by atoms with E-state index >= 15 is 0 Å². The molecule has 0 radical (unpaired) electrons. The number of furan rings is 1. The number of anilines is 1. The van der Waals surface area contributed by atoms with Crippen molar-refractivity contribution in [3.05, 3.63) is 78.5 Å². The first-order valence-electron chi connectivity index (χ1n) is 9.74. The summed E-state index contributed by atoms with van der Waals surface area (Å²) in [7, 11) is 0. The summed E-state index contributed by atoms with van der Waals surface area (Å²) in [6.45, 7) is 2.63. The summed E-state index contributed by atoms with van der Waals surface area (Å²) in [5.41, 5.74) is 1.86. The second-order valence-electron chi connectivity index (χ2n) is 7.23. The first-order chi connectivity index (χ1) is 14.2. The fourth-order valence-electron chi connectivity index (χ4n) is 3.50. The van der Waals surface area contributed by atoms with Gasteiger partial charge in [-0.2, -0.15) is 0 Å². The Labute approximate surface area is 169 Å². The molecule has 1 aliphatic rings. The molecule has 2 aromatic carbocycles. The van der Waals surface area contributed by atoms with E-state index in [2.05, 4.69) is 10.2 Å². The number of ether oxygens (including phenoxy) is 1.